The zero-order chi connectivity index (χ0) is 52.9. The van der Waals surface area contributed by atoms with Gasteiger partial charge in [-0.25, -0.2) is 4.21 Å². The van der Waals surface area contributed by atoms with E-state index in [1.165, 1.54) is 6.92 Å². The molecule has 1 aliphatic rings. The van der Waals surface area contributed by atoms with E-state index >= 15 is 0 Å². The van der Waals surface area contributed by atoms with Gasteiger partial charge in [0.15, 0.2) is 0 Å². The lowest BCUT2D eigenvalue weighted by Crippen LogP contribution is -2.26. The standard InChI is InChI=1S/C10H19NO2.C10H18O3.C9H17NO3.C9H19NO.C9H14O3.Cl2OS/c1-7(2)4-9(5-8(3)12)6-10(11)13;1-7(2)4-9(5-8(3)11)6-10(12)13;1-6(2)3-7(4-8(10)11)5-9(12)13;1-7(2)4-9(6-10)5-8(3)11;1-6(2)3-7-4-8(10)12-9(11)5-7;1-4(2)3/h7,9H,4-6H2,1-3H3,(H2,11,13);7,9H,4-6H2,1-3H3,(H,12,13);6-7H,3-5H2,1-2H3,(H2,10,11)(H,12,13);7,9H,4-6,10H2,1-3H3;6-7H,3-5H2,1-2H3;. The molecule has 1 aliphatic heterocycles. The van der Waals surface area contributed by atoms with Crippen LogP contribution >= 0.6 is 21.4 Å². The molecule has 0 saturated carbocycles. The van der Waals surface area contributed by atoms with Crippen molar-refractivity contribution in [3.05, 3.63) is 0 Å². The van der Waals surface area contributed by atoms with Gasteiger partial charge in [0.1, 0.15) is 17.3 Å². The number of aliphatic carboxylic acids is 2. The number of amides is 2. The van der Waals surface area contributed by atoms with Gasteiger partial charge in [-0.05, 0) is 119 Å². The van der Waals surface area contributed by atoms with Crippen LogP contribution < -0.4 is 17.2 Å². The Hall–Kier alpha value is -3.28. The first-order valence-electron chi connectivity index (χ1n) is 22.8. The molecule has 0 aliphatic carbocycles. The van der Waals surface area contributed by atoms with E-state index in [0.29, 0.717) is 80.6 Å². The van der Waals surface area contributed by atoms with E-state index in [4.69, 9.17) is 31.6 Å². The van der Waals surface area contributed by atoms with Crippen molar-refractivity contribution in [2.24, 2.45) is 76.4 Å². The number of primary amides is 2. The highest BCUT2D eigenvalue weighted by molar-refractivity contribution is 8.26. The number of Topliss-reactive ketones (excluding diaryl/α,β-unsaturated/α-hetero) is 3. The maximum absolute atomic E-state index is 10.9. The molecule has 1 rings (SSSR count). The number of hydrogen-bond donors (Lipinski definition) is 5. The van der Waals surface area contributed by atoms with Crippen LogP contribution in [0.5, 0.6) is 0 Å². The molecular weight excluding hydrogens is 917 g/mol. The van der Waals surface area contributed by atoms with Crippen molar-refractivity contribution < 1.29 is 62.3 Å². The number of halogens is 2. The average Bonchev–Trinajstić information content (AvgIpc) is 3.05. The SMILES string of the molecule is CC(=O)CC(CC(=O)O)CC(C)C.CC(=O)CC(CC(N)=O)CC(C)C.CC(=O)CC(CN)CC(C)C.CC(C)CC(CC(N)=O)CC(=O)O.CC(C)CC1CC(=O)OC(=O)C1.O=S(Cl)Cl. The molecule has 0 spiro atoms. The van der Waals surface area contributed by atoms with Crippen LogP contribution in [0.4, 0.5) is 0 Å². The highest BCUT2D eigenvalue weighted by atomic mass is 36.0. The molecule has 4 unspecified atom stereocenters. The molecule has 1 saturated heterocycles. The number of nitrogens with two attached hydrogens (primary N) is 3. The van der Waals surface area contributed by atoms with E-state index in [-0.39, 0.29) is 78.1 Å². The minimum atomic E-state index is -1.67. The van der Waals surface area contributed by atoms with Crippen molar-refractivity contribution >= 4 is 83.6 Å². The number of carboxylic acid groups (broad SMARTS) is 2. The molecule has 0 aromatic heterocycles. The molecular formula is C47H87Cl2N3O13S. The van der Waals surface area contributed by atoms with Crippen LogP contribution in [0.3, 0.4) is 0 Å². The Morgan fingerprint density at radius 2 is 0.803 bits per heavy atom. The van der Waals surface area contributed by atoms with Crippen LogP contribution in [0.25, 0.3) is 0 Å². The first kappa shape index (κ1) is 71.7. The van der Waals surface area contributed by atoms with E-state index in [1.807, 2.05) is 27.7 Å². The van der Waals surface area contributed by atoms with Gasteiger partial charge in [0.05, 0.1) is 0 Å². The van der Waals surface area contributed by atoms with Crippen LogP contribution in [0.1, 0.15) is 180 Å². The molecule has 1 fully saturated rings. The summed E-state index contributed by atoms with van der Waals surface area (Å²) in [6.07, 6.45) is 7.40. The summed E-state index contributed by atoms with van der Waals surface area (Å²) in [6, 6.07) is 0. The predicted octanol–water partition coefficient (Wildman–Crippen LogP) is 8.75. The number of ketones is 3. The molecule has 0 bridgehead atoms. The molecule has 8 N–H and O–H groups in total. The zero-order valence-electron chi connectivity index (χ0n) is 42.2. The summed E-state index contributed by atoms with van der Waals surface area (Å²) < 4.78 is 13.5. The Morgan fingerprint density at radius 3 is 1.03 bits per heavy atom. The number of cyclic esters (lactones) is 2. The topological polar surface area (TPSA) is 298 Å². The summed E-state index contributed by atoms with van der Waals surface area (Å²) in [6.45, 7) is 26.0. The number of rotatable bonds is 25. The Labute approximate surface area is 407 Å². The largest absolute Gasteiger partial charge is 0.481 e. The molecule has 16 nitrogen and oxygen atoms in total. The van der Waals surface area contributed by atoms with Gasteiger partial charge in [0.2, 0.25) is 21.0 Å². The van der Waals surface area contributed by atoms with Crippen molar-refractivity contribution in [2.75, 3.05) is 6.54 Å². The Morgan fingerprint density at radius 1 is 0.545 bits per heavy atom. The normalized spacial score (nSPS) is 14.0. The van der Waals surface area contributed by atoms with E-state index in [9.17, 15) is 43.2 Å². The molecule has 4 atom stereocenters. The number of carboxylic acids is 2. The summed E-state index contributed by atoms with van der Waals surface area (Å²) in [7, 11) is 7.36. The second-order valence-electron chi connectivity index (χ2n) is 19.4. The summed E-state index contributed by atoms with van der Waals surface area (Å²) in [5.74, 6) is 0.463. The third-order valence-corrected chi connectivity index (χ3v) is 9.13. The predicted molar refractivity (Wildman–Crippen MR) is 262 cm³/mol. The van der Waals surface area contributed by atoms with Gasteiger partial charge in [-0.3, -0.25) is 28.8 Å². The maximum atomic E-state index is 10.9. The number of ether oxygens (including phenoxy) is 1. The van der Waals surface area contributed by atoms with Crippen molar-refractivity contribution in [3.63, 3.8) is 0 Å². The summed E-state index contributed by atoms with van der Waals surface area (Å²) in [4.78, 5) is 96.2. The lowest BCUT2D eigenvalue weighted by atomic mass is 9.90. The van der Waals surface area contributed by atoms with Gasteiger partial charge >= 0.3 is 23.9 Å². The smallest absolute Gasteiger partial charge is 0.313 e. The number of carbonyl (C=O) groups excluding carboxylic acids is 7. The highest BCUT2D eigenvalue weighted by Crippen LogP contribution is 2.24. The van der Waals surface area contributed by atoms with Gasteiger partial charge in [0, 0.05) is 79.2 Å². The third-order valence-electron chi connectivity index (χ3n) is 9.13. The van der Waals surface area contributed by atoms with Crippen molar-refractivity contribution in [2.45, 2.75) is 180 Å². The fourth-order valence-corrected chi connectivity index (χ4v) is 7.52. The van der Waals surface area contributed by atoms with Crippen LogP contribution in [0.2, 0.25) is 0 Å². The van der Waals surface area contributed by atoms with Gasteiger partial charge < -0.3 is 46.5 Å². The second kappa shape index (κ2) is 43.0. The zero-order valence-corrected chi connectivity index (χ0v) is 44.5. The summed E-state index contributed by atoms with van der Waals surface area (Å²) in [5, 5.41) is 17.2. The van der Waals surface area contributed by atoms with Gasteiger partial charge in [0.25, 0.3) is 0 Å². The van der Waals surface area contributed by atoms with Crippen LogP contribution in [0.15, 0.2) is 0 Å². The lowest BCUT2D eigenvalue weighted by molar-refractivity contribution is -0.166. The monoisotopic (exact) mass is 1000 g/mol. The van der Waals surface area contributed by atoms with Gasteiger partial charge in [-0.1, -0.05) is 69.2 Å². The molecule has 0 aromatic rings. The van der Waals surface area contributed by atoms with E-state index in [0.717, 1.165) is 32.1 Å². The fourth-order valence-electron chi connectivity index (χ4n) is 7.52. The van der Waals surface area contributed by atoms with E-state index in [2.05, 4.69) is 67.6 Å². The molecule has 19 heteroatoms. The fraction of sp³-hybridized carbons (Fsp3) is 0.809. The number of carbonyl (C=O) groups is 9. The second-order valence-corrected chi connectivity index (χ2v) is 21.9. The van der Waals surface area contributed by atoms with Crippen molar-refractivity contribution in [3.8, 4) is 0 Å². The summed E-state index contributed by atoms with van der Waals surface area (Å²) >= 11 is 0. The Kier molecular flexibility index (Phi) is 46.8. The minimum absolute atomic E-state index is 0.00926. The van der Waals surface area contributed by atoms with Gasteiger partial charge in [-0.2, -0.15) is 0 Å². The molecule has 66 heavy (non-hydrogen) atoms. The molecule has 0 aromatic carbocycles. The van der Waals surface area contributed by atoms with E-state index in [1.54, 1.807) is 13.8 Å². The highest BCUT2D eigenvalue weighted by Gasteiger charge is 2.27. The van der Waals surface area contributed by atoms with Gasteiger partial charge in [-0.15, -0.1) is 0 Å². The number of esters is 2. The third kappa shape index (κ3) is 62.8. The molecule has 388 valence electrons. The molecule has 0 radical (unpaired) electrons. The Bertz CT molecular complexity index is 1290. The minimum Gasteiger partial charge on any atom is -0.481 e. The van der Waals surface area contributed by atoms with Crippen LogP contribution in [-0.4, -0.2) is 74.0 Å². The molecule has 2 amide bonds. The number of hydrogen-bond acceptors (Lipinski definition) is 12. The Balaban J connectivity index is -0.000000230. The first-order valence-corrected chi connectivity index (χ1v) is 25.6. The maximum Gasteiger partial charge on any atom is 0.313 e. The van der Waals surface area contributed by atoms with Crippen molar-refractivity contribution in [1.29, 1.82) is 0 Å². The van der Waals surface area contributed by atoms with Crippen molar-refractivity contribution in [1.82, 2.24) is 0 Å². The average molecular weight is 1010 g/mol. The van der Waals surface area contributed by atoms with Crippen LogP contribution in [-0.2, 0) is 57.1 Å². The van der Waals surface area contributed by atoms with E-state index < -0.39 is 27.1 Å². The summed E-state index contributed by atoms with van der Waals surface area (Å²) in [5.41, 5.74) is 15.6. The quantitative estimate of drug-likeness (QED) is 0.0325. The van der Waals surface area contributed by atoms with Crippen LogP contribution in [0, 0.1) is 59.2 Å². The molecule has 1 heterocycles. The lowest BCUT2D eigenvalue weighted by Gasteiger charge is -2.20. The first-order chi connectivity index (χ1) is 30.1.